The fourth-order valence-electron chi connectivity index (χ4n) is 2.37. The van der Waals surface area contributed by atoms with Gasteiger partial charge in [-0.2, -0.15) is 0 Å². The first-order valence-electron chi connectivity index (χ1n) is 6.32. The number of hydrogen-bond donors (Lipinski definition) is 1. The Morgan fingerprint density at radius 3 is 2.82 bits per heavy atom. The highest BCUT2D eigenvalue weighted by atomic mass is 15.1. The minimum atomic E-state index is 0.0479. The van der Waals surface area contributed by atoms with Crippen LogP contribution < -0.4 is 5.73 Å². The number of hydrogen-bond acceptors (Lipinski definition) is 2. The summed E-state index contributed by atoms with van der Waals surface area (Å²) in [4.78, 5) is 4.66. The molecule has 2 aromatic rings. The monoisotopic (exact) mass is 231 g/mol. The molecule has 1 aromatic carbocycles. The van der Waals surface area contributed by atoms with Crippen LogP contribution in [0.15, 0.2) is 18.2 Å². The van der Waals surface area contributed by atoms with Gasteiger partial charge in [0.15, 0.2) is 0 Å². The van der Waals surface area contributed by atoms with Crippen LogP contribution in [0.5, 0.6) is 0 Å². The van der Waals surface area contributed by atoms with Crippen molar-refractivity contribution in [2.45, 2.75) is 39.2 Å². The number of nitrogens with two attached hydrogens (primary N) is 1. The smallest absolute Gasteiger partial charge is 0.126 e. The van der Waals surface area contributed by atoms with Gasteiger partial charge in [-0.25, -0.2) is 4.98 Å². The predicted molar refractivity (Wildman–Crippen MR) is 71.9 cm³/mol. The van der Waals surface area contributed by atoms with Crippen LogP contribution >= 0.6 is 0 Å². The molecule has 92 valence electrons. The Balaban J connectivity index is 2.42. The molecule has 0 spiro atoms. The molecule has 0 aliphatic carbocycles. The van der Waals surface area contributed by atoms with Gasteiger partial charge in [0.1, 0.15) is 5.82 Å². The third kappa shape index (κ3) is 2.20. The van der Waals surface area contributed by atoms with Crippen molar-refractivity contribution in [2.24, 2.45) is 12.8 Å². The molecule has 2 rings (SSSR count). The second-order valence-electron chi connectivity index (χ2n) is 4.72. The van der Waals surface area contributed by atoms with Gasteiger partial charge in [-0.05, 0) is 25.0 Å². The van der Waals surface area contributed by atoms with Gasteiger partial charge in [0.25, 0.3) is 0 Å². The molecule has 3 heteroatoms. The van der Waals surface area contributed by atoms with Crippen LogP contribution in [0.25, 0.3) is 11.0 Å². The summed E-state index contributed by atoms with van der Waals surface area (Å²) >= 11 is 0. The van der Waals surface area contributed by atoms with E-state index in [-0.39, 0.29) is 6.04 Å². The summed E-state index contributed by atoms with van der Waals surface area (Å²) in [5.74, 6) is 1.00. The van der Waals surface area contributed by atoms with Crippen molar-refractivity contribution < 1.29 is 0 Å². The lowest BCUT2D eigenvalue weighted by Crippen LogP contribution is -2.15. The lowest BCUT2D eigenvalue weighted by Gasteiger charge is -2.11. The fraction of sp³-hybridized carbons (Fsp3) is 0.500. The number of fused-ring (bicyclic) bond motifs is 1. The average molecular weight is 231 g/mol. The van der Waals surface area contributed by atoms with E-state index < -0.39 is 0 Å². The number of aromatic nitrogens is 2. The van der Waals surface area contributed by atoms with Crippen molar-refractivity contribution in [3.63, 3.8) is 0 Å². The number of imidazole rings is 1. The van der Waals surface area contributed by atoms with Gasteiger partial charge in [0, 0.05) is 7.05 Å². The molecular weight excluding hydrogens is 210 g/mol. The van der Waals surface area contributed by atoms with E-state index in [4.69, 9.17) is 5.73 Å². The zero-order chi connectivity index (χ0) is 12.4. The second kappa shape index (κ2) is 4.88. The summed E-state index contributed by atoms with van der Waals surface area (Å²) in [5.41, 5.74) is 9.72. The van der Waals surface area contributed by atoms with Crippen LogP contribution in [0, 0.1) is 6.92 Å². The first-order chi connectivity index (χ1) is 8.15. The standard InChI is InChI=1S/C14H21N3/c1-4-5-8-11(15)14-16-12-9-6-7-10(2)13(12)17(14)3/h6-7,9,11H,4-5,8,15H2,1-3H3. The van der Waals surface area contributed by atoms with Crippen LogP contribution in [0.2, 0.25) is 0 Å². The zero-order valence-electron chi connectivity index (χ0n) is 10.9. The highest BCUT2D eigenvalue weighted by molar-refractivity contribution is 5.79. The van der Waals surface area contributed by atoms with Crippen LogP contribution in [0.3, 0.4) is 0 Å². The molecule has 17 heavy (non-hydrogen) atoms. The van der Waals surface area contributed by atoms with E-state index in [0.717, 1.165) is 24.2 Å². The maximum absolute atomic E-state index is 6.21. The summed E-state index contributed by atoms with van der Waals surface area (Å²) in [7, 11) is 2.06. The number of nitrogens with zero attached hydrogens (tertiary/aromatic N) is 2. The molecule has 3 nitrogen and oxygen atoms in total. The van der Waals surface area contributed by atoms with Gasteiger partial charge in [-0.1, -0.05) is 31.9 Å². The normalized spacial score (nSPS) is 13.2. The van der Waals surface area contributed by atoms with E-state index in [1.807, 2.05) is 6.07 Å². The Bertz CT molecular complexity index is 513. The molecule has 1 aromatic heterocycles. The Hall–Kier alpha value is -1.35. The summed E-state index contributed by atoms with van der Waals surface area (Å²) in [5, 5.41) is 0. The van der Waals surface area contributed by atoms with E-state index in [0.29, 0.717) is 0 Å². The maximum Gasteiger partial charge on any atom is 0.126 e. The summed E-state index contributed by atoms with van der Waals surface area (Å²) in [6.45, 7) is 4.30. The molecule has 0 saturated carbocycles. The van der Waals surface area contributed by atoms with Gasteiger partial charge < -0.3 is 10.3 Å². The third-order valence-electron chi connectivity index (χ3n) is 3.33. The van der Waals surface area contributed by atoms with Gasteiger partial charge in [-0.15, -0.1) is 0 Å². The molecule has 0 aliphatic heterocycles. The molecule has 1 atom stereocenters. The summed E-state index contributed by atoms with van der Waals surface area (Å²) in [6, 6.07) is 6.27. The molecule has 1 unspecified atom stereocenters. The molecule has 0 fully saturated rings. The molecular formula is C14H21N3. The first-order valence-corrected chi connectivity index (χ1v) is 6.32. The van der Waals surface area contributed by atoms with Gasteiger partial charge in [-0.3, -0.25) is 0 Å². The number of benzene rings is 1. The minimum absolute atomic E-state index is 0.0479. The fourth-order valence-corrected chi connectivity index (χ4v) is 2.37. The van der Waals surface area contributed by atoms with Crippen LogP contribution in [-0.2, 0) is 7.05 Å². The van der Waals surface area contributed by atoms with Crippen molar-refractivity contribution in [1.82, 2.24) is 9.55 Å². The molecule has 0 bridgehead atoms. The van der Waals surface area contributed by atoms with Crippen LogP contribution in [0.4, 0.5) is 0 Å². The van der Waals surface area contributed by atoms with Crippen molar-refractivity contribution in [3.05, 3.63) is 29.6 Å². The van der Waals surface area contributed by atoms with E-state index in [1.54, 1.807) is 0 Å². The Morgan fingerprint density at radius 1 is 1.41 bits per heavy atom. The highest BCUT2D eigenvalue weighted by Gasteiger charge is 2.15. The lowest BCUT2D eigenvalue weighted by molar-refractivity contribution is 0.561. The summed E-state index contributed by atoms with van der Waals surface area (Å²) in [6.07, 6.45) is 3.34. The van der Waals surface area contributed by atoms with E-state index >= 15 is 0 Å². The topological polar surface area (TPSA) is 43.8 Å². The quantitative estimate of drug-likeness (QED) is 0.878. The number of rotatable bonds is 4. The molecule has 0 amide bonds. The Morgan fingerprint density at radius 2 is 2.18 bits per heavy atom. The second-order valence-corrected chi connectivity index (χ2v) is 4.72. The van der Waals surface area contributed by atoms with E-state index in [2.05, 4.69) is 42.6 Å². The maximum atomic E-state index is 6.21. The zero-order valence-corrected chi connectivity index (χ0v) is 10.9. The van der Waals surface area contributed by atoms with Gasteiger partial charge >= 0.3 is 0 Å². The van der Waals surface area contributed by atoms with E-state index in [9.17, 15) is 0 Å². The van der Waals surface area contributed by atoms with Crippen molar-refractivity contribution >= 4 is 11.0 Å². The largest absolute Gasteiger partial charge is 0.330 e. The van der Waals surface area contributed by atoms with Gasteiger partial charge in [0.05, 0.1) is 17.1 Å². The van der Waals surface area contributed by atoms with Gasteiger partial charge in [0.2, 0.25) is 0 Å². The third-order valence-corrected chi connectivity index (χ3v) is 3.33. The molecule has 0 radical (unpaired) electrons. The van der Waals surface area contributed by atoms with Crippen molar-refractivity contribution in [1.29, 1.82) is 0 Å². The summed E-state index contributed by atoms with van der Waals surface area (Å²) < 4.78 is 2.14. The molecule has 0 saturated heterocycles. The minimum Gasteiger partial charge on any atom is -0.330 e. The van der Waals surface area contributed by atoms with Crippen LogP contribution in [-0.4, -0.2) is 9.55 Å². The molecule has 0 aliphatic rings. The first kappa shape index (κ1) is 12.1. The number of para-hydroxylation sites is 1. The Kier molecular flexibility index (Phi) is 3.48. The SMILES string of the molecule is CCCCC(N)c1nc2cccc(C)c2n1C. The van der Waals surface area contributed by atoms with Crippen molar-refractivity contribution in [3.8, 4) is 0 Å². The lowest BCUT2D eigenvalue weighted by atomic mass is 10.1. The predicted octanol–water partition coefficient (Wildman–Crippen LogP) is 3.07. The average Bonchev–Trinajstić information content (AvgIpc) is 2.65. The van der Waals surface area contributed by atoms with Crippen LogP contribution in [0.1, 0.15) is 43.6 Å². The van der Waals surface area contributed by atoms with Crippen molar-refractivity contribution in [2.75, 3.05) is 0 Å². The van der Waals surface area contributed by atoms with E-state index in [1.165, 1.54) is 17.5 Å². The number of unbranched alkanes of at least 4 members (excludes halogenated alkanes) is 1. The highest BCUT2D eigenvalue weighted by Crippen LogP contribution is 2.23. The molecule has 2 N–H and O–H groups in total. The Labute approximate surface area is 103 Å². The molecule has 1 heterocycles. The number of aryl methyl sites for hydroxylation is 2.